The van der Waals surface area contributed by atoms with Crippen LogP contribution in [0.4, 0.5) is 0 Å². The van der Waals surface area contributed by atoms with Crippen molar-refractivity contribution >= 4 is 11.9 Å². The lowest BCUT2D eigenvalue weighted by Crippen LogP contribution is -2.24. The smallest absolute Gasteiger partial charge is 0.305 e. The Balaban J connectivity index is 4.64. The second-order valence-electron chi connectivity index (χ2n) is 3.09. The van der Waals surface area contributed by atoms with E-state index in [9.17, 15) is 9.59 Å². The molecule has 15 heavy (non-hydrogen) atoms. The van der Waals surface area contributed by atoms with E-state index in [0.29, 0.717) is 6.42 Å². The lowest BCUT2D eigenvalue weighted by atomic mass is 10.1. The van der Waals surface area contributed by atoms with Gasteiger partial charge in [0.1, 0.15) is 0 Å². The van der Waals surface area contributed by atoms with Crippen molar-refractivity contribution in [2.75, 3.05) is 0 Å². The summed E-state index contributed by atoms with van der Waals surface area (Å²) in [6.07, 6.45) is 2.52. The fourth-order valence-corrected chi connectivity index (χ4v) is 1.15. The fourth-order valence-electron chi connectivity index (χ4n) is 1.15. The van der Waals surface area contributed by atoms with Crippen molar-refractivity contribution in [1.29, 1.82) is 0 Å². The summed E-state index contributed by atoms with van der Waals surface area (Å²) in [6, 6.07) is 0. The summed E-state index contributed by atoms with van der Waals surface area (Å²) in [5, 5.41) is 0. The van der Waals surface area contributed by atoms with E-state index in [1.165, 1.54) is 13.8 Å². The largest absolute Gasteiger partial charge is 0.421 e. The maximum atomic E-state index is 10.8. The normalized spacial score (nSPS) is 11.4. The maximum Gasteiger partial charge on any atom is 0.305 e. The predicted octanol–water partition coefficient (Wildman–Crippen LogP) is 2.19. The number of allylic oxidation sites excluding steroid dienone is 1. The van der Waals surface area contributed by atoms with E-state index in [-0.39, 0.29) is 0 Å². The Kier molecular flexibility index (Phi) is 6.42. The average molecular weight is 214 g/mol. The van der Waals surface area contributed by atoms with Crippen molar-refractivity contribution in [1.82, 2.24) is 0 Å². The highest BCUT2D eigenvalue weighted by atomic mass is 16.7. The van der Waals surface area contributed by atoms with Gasteiger partial charge in [-0.2, -0.15) is 0 Å². The van der Waals surface area contributed by atoms with E-state index in [1.807, 2.05) is 19.9 Å². The van der Waals surface area contributed by atoms with Gasteiger partial charge in [0.15, 0.2) is 0 Å². The molecule has 0 aliphatic heterocycles. The topological polar surface area (TPSA) is 52.6 Å². The number of hydrogen-bond acceptors (Lipinski definition) is 4. The van der Waals surface area contributed by atoms with Gasteiger partial charge in [-0.05, 0) is 12.8 Å². The number of rotatable bonds is 5. The fraction of sp³-hybridized carbons (Fsp3) is 0.636. The molecule has 0 saturated heterocycles. The quantitative estimate of drug-likeness (QED) is 0.400. The van der Waals surface area contributed by atoms with E-state index in [4.69, 9.17) is 9.47 Å². The molecule has 4 heteroatoms. The standard InChI is InChI=1S/C11H18O4/c1-5-7-10(6-2)11(14-8(3)12)15-9(4)13/h7,11H,5-6H2,1-4H3/b10-7+. The monoisotopic (exact) mass is 214 g/mol. The minimum atomic E-state index is -0.870. The molecule has 0 atom stereocenters. The first-order valence-corrected chi connectivity index (χ1v) is 5.04. The number of carbonyl (C=O) groups excluding carboxylic acids is 2. The Morgan fingerprint density at radius 2 is 1.60 bits per heavy atom. The first-order chi connectivity index (χ1) is 7.01. The molecule has 0 aliphatic rings. The minimum Gasteiger partial charge on any atom is -0.421 e. The van der Waals surface area contributed by atoms with E-state index >= 15 is 0 Å². The third-order valence-electron chi connectivity index (χ3n) is 1.72. The van der Waals surface area contributed by atoms with Crippen molar-refractivity contribution in [3.63, 3.8) is 0 Å². The first-order valence-electron chi connectivity index (χ1n) is 5.04. The summed E-state index contributed by atoms with van der Waals surface area (Å²) >= 11 is 0. The zero-order valence-electron chi connectivity index (χ0n) is 9.70. The van der Waals surface area contributed by atoms with Gasteiger partial charge in [0.05, 0.1) is 0 Å². The third-order valence-corrected chi connectivity index (χ3v) is 1.72. The van der Waals surface area contributed by atoms with Gasteiger partial charge in [0.25, 0.3) is 6.29 Å². The SMILES string of the molecule is CC/C=C(\CC)C(OC(C)=O)OC(C)=O. The zero-order chi connectivity index (χ0) is 11.8. The van der Waals surface area contributed by atoms with Crippen LogP contribution in [0, 0.1) is 0 Å². The summed E-state index contributed by atoms with van der Waals surface area (Å²) in [7, 11) is 0. The van der Waals surface area contributed by atoms with Gasteiger partial charge in [-0.15, -0.1) is 0 Å². The number of ether oxygens (including phenoxy) is 2. The van der Waals surface area contributed by atoms with Crippen molar-refractivity contribution < 1.29 is 19.1 Å². The van der Waals surface area contributed by atoms with Gasteiger partial charge in [-0.3, -0.25) is 9.59 Å². The molecule has 0 rings (SSSR count). The highest BCUT2D eigenvalue weighted by molar-refractivity contribution is 5.68. The Morgan fingerprint density at radius 3 is 1.87 bits per heavy atom. The Bertz CT molecular complexity index is 239. The second kappa shape index (κ2) is 7.04. The van der Waals surface area contributed by atoms with E-state index in [2.05, 4.69) is 0 Å². The highest BCUT2D eigenvalue weighted by Gasteiger charge is 2.18. The van der Waals surface area contributed by atoms with Crippen LogP contribution in [0.1, 0.15) is 40.5 Å². The molecule has 0 spiro atoms. The third kappa shape index (κ3) is 5.88. The Labute approximate surface area is 90.2 Å². The zero-order valence-corrected chi connectivity index (χ0v) is 9.70. The lowest BCUT2D eigenvalue weighted by Gasteiger charge is -2.18. The summed E-state index contributed by atoms with van der Waals surface area (Å²) in [4.78, 5) is 21.6. The van der Waals surface area contributed by atoms with Gasteiger partial charge in [0, 0.05) is 19.4 Å². The molecule has 0 fully saturated rings. The first kappa shape index (κ1) is 13.7. The molecule has 0 aliphatic carbocycles. The summed E-state index contributed by atoms with van der Waals surface area (Å²) < 4.78 is 9.83. The molecule has 0 bridgehead atoms. The van der Waals surface area contributed by atoms with Crippen LogP contribution in [0.3, 0.4) is 0 Å². The van der Waals surface area contributed by atoms with Gasteiger partial charge >= 0.3 is 11.9 Å². The van der Waals surface area contributed by atoms with Crippen LogP contribution in [-0.4, -0.2) is 18.2 Å². The molecule has 0 aromatic heterocycles. The molecule has 0 aromatic carbocycles. The van der Waals surface area contributed by atoms with Crippen LogP contribution < -0.4 is 0 Å². The maximum absolute atomic E-state index is 10.8. The number of carbonyl (C=O) groups is 2. The molecular formula is C11H18O4. The predicted molar refractivity (Wildman–Crippen MR) is 56.0 cm³/mol. The molecule has 86 valence electrons. The molecule has 0 radical (unpaired) electrons. The van der Waals surface area contributed by atoms with E-state index < -0.39 is 18.2 Å². The van der Waals surface area contributed by atoms with Crippen LogP contribution in [0.5, 0.6) is 0 Å². The van der Waals surface area contributed by atoms with Crippen molar-refractivity contribution in [2.45, 2.75) is 46.8 Å². The van der Waals surface area contributed by atoms with E-state index in [1.54, 1.807) is 0 Å². The average Bonchev–Trinajstić information content (AvgIpc) is 2.11. The molecule has 0 N–H and O–H groups in total. The highest BCUT2D eigenvalue weighted by Crippen LogP contribution is 2.14. The van der Waals surface area contributed by atoms with Crippen LogP contribution in [-0.2, 0) is 19.1 Å². The van der Waals surface area contributed by atoms with Crippen LogP contribution in [0.25, 0.3) is 0 Å². The molecular weight excluding hydrogens is 196 g/mol. The molecule has 4 nitrogen and oxygen atoms in total. The van der Waals surface area contributed by atoms with E-state index in [0.717, 1.165) is 12.0 Å². The number of esters is 2. The Morgan fingerprint density at radius 1 is 1.13 bits per heavy atom. The van der Waals surface area contributed by atoms with Gasteiger partial charge in [-0.1, -0.05) is 19.9 Å². The van der Waals surface area contributed by atoms with Gasteiger partial charge in [-0.25, -0.2) is 0 Å². The lowest BCUT2D eigenvalue weighted by molar-refractivity contribution is -0.178. The molecule has 0 aromatic rings. The van der Waals surface area contributed by atoms with Gasteiger partial charge in [0.2, 0.25) is 0 Å². The minimum absolute atomic E-state index is 0.461. The molecule has 0 unspecified atom stereocenters. The van der Waals surface area contributed by atoms with Crippen molar-refractivity contribution in [2.24, 2.45) is 0 Å². The van der Waals surface area contributed by atoms with Crippen LogP contribution >= 0.6 is 0 Å². The molecule has 0 heterocycles. The Hall–Kier alpha value is -1.32. The number of hydrogen-bond donors (Lipinski definition) is 0. The van der Waals surface area contributed by atoms with Crippen molar-refractivity contribution in [3.8, 4) is 0 Å². The van der Waals surface area contributed by atoms with Crippen LogP contribution in [0.2, 0.25) is 0 Å². The summed E-state index contributed by atoms with van der Waals surface area (Å²) in [5.74, 6) is -0.923. The summed E-state index contributed by atoms with van der Waals surface area (Å²) in [6.45, 7) is 6.46. The van der Waals surface area contributed by atoms with Crippen LogP contribution in [0.15, 0.2) is 11.6 Å². The molecule has 0 saturated carbocycles. The summed E-state index contributed by atoms with van der Waals surface area (Å²) in [5.41, 5.74) is 0.808. The second-order valence-corrected chi connectivity index (χ2v) is 3.09. The molecule has 0 amide bonds. The van der Waals surface area contributed by atoms with Gasteiger partial charge < -0.3 is 9.47 Å². The van der Waals surface area contributed by atoms with Crippen molar-refractivity contribution in [3.05, 3.63) is 11.6 Å².